The molecule has 0 aromatic heterocycles. The summed E-state index contributed by atoms with van der Waals surface area (Å²) in [5, 5.41) is 3.16. The predicted molar refractivity (Wildman–Crippen MR) is 76.3 cm³/mol. The third kappa shape index (κ3) is 4.63. The molecule has 0 saturated carbocycles. The number of carbonyl (C=O) groups is 1. The number of piperazine rings is 1. The van der Waals surface area contributed by atoms with E-state index in [1.165, 1.54) is 12.1 Å². The first-order valence-corrected chi connectivity index (χ1v) is 6.52. The van der Waals surface area contributed by atoms with Crippen molar-refractivity contribution in [1.29, 1.82) is 0 Å². The summed E-state index contributed by atoms with van der Waals surface area (Å²) in [4.78, 5) is 13.5. The van der Waals surface area contributed by atoms with Gasteiger partial charge in [0.25, 0.3) is 5.91 Å². The van der Waals surface area contributed by atoms with Crippen LogP contribution in [0.1, 0.15) is 0 Å². The maximum atomic E-state index is 13.5. The minimum absolute atomic E-state index is 0. The second-order valence-electron chi connectivity index (χ2n) is 3.99. The zero-order valence-electron chi connectivity index (χ0n) is 10.2. The molecule has 0 radical (unpaired) electrons. The number of hydrogen-bond acceptors (Lipinski definition) is 3. The Labute approximate surface area is 125 Å². The number of nitrogens with one attached hydrogen (secondary N) is 1. The zero-order chi connectivity index (χ0) is 13.0. The van der Waals surface area contributed by atoms with Gasteiger partial charge >= 0.3 is 0 Å². The van der Waals surface area contributed by atoms with Gasteiger partial charge < -0.3 is 15.0 Å². The van der Waals surface area contributed by atoms with Gasteiger partial charge in [-0.05, 0) is 18.2 Å². The molecule has 1 aromatic carbocycles. The van der Waals surface area contributed by atoms with Crippen LogP contribution in [0.5, 0.6) is 5.75 Å². The van der Waals surface area contributed by atoms with Crippen molar-refractivity contribution in [3.63, 3.8) is 0 Å². The van der Waals surface area contributed by atoms with Gasteiger partial charge in [0.05, 0.1) is 0 Å². The summed E-state index contributed by atoms with van der Waals surface area (Å²) >= 11 is 3.16. The molecule has 2 rings (SSSR count). The van der Waals surface area contributed by atoms with Crippen LogP contribution in [0.15, 0.2) is 22.7 Å². The second kappa shape index (κ2) is 7.67. The quantitative estimate of drug-likeness (QED) is 0.901. The van der Waals surface area contributed by atoms with Gasteiger partial charge in [-0.25, -0.2) is 4.39 Å². The minimum atomic E-state index is -0.475. The number of nitrogens with zero attached hydrogens (tertiary/aromatic N) is 1. The molecular weight excluding hydrogens is 338 g/mol. The Morgan fingerprint density at radius 1 is 1.42 bits per heavy atom. The van der Waals surface area contributed by atoms with Crippen molar-refractivity contribution >= 4 is 34.2 Å². The average molecular weight is 354 g/mol. The van der Waals surface area contributed by atoms with Crippen LogP contribution in [-0.4, -0.2) is 43.6 Å². The van der Waals surface area contributed by atoms with Gasteiger partial charge in [0.2, 0.25) is 0 Å². The van der Waals surface area contributed by atoms with Crippen molar-refractivity contribution in [1.82, 2.24) is 10.2 Å². The number of amides is 1. The molecule has 7 heteroatoms. The third-order valence-corrected chi connectivity index (χ3v) is 3.21. The standard InChI is InChI=1S/C12H14BrFN2O2.ClH/c13-9-1-2-11(10(14)7-9)18-8-12(17)16-5-3-15-4-6-16;/h1-2,7,15H,3-6,8H2;1H. The number of hydrogen-bond donors (Lipinski definition) is 1. The minimum Gasteiger partial charge on any atom is -0.481 e. The van der Waals surface area contributed by atoms with Crippen LogP contribution >= 0.6 is 28.3 Å². The van der Waals surface area contributed by atoms with E-state index in [0.29, 0.717) is 17.6 Å². The summed E-state index contributed by atoms with van der Waals surface area (Å²) in [5.74, 6) is -0.488. The van der Waals surface area contributed by atoms with Crippen LogP contribution < -0.4 is 10.1 Å². The summed E-state index contributed by atoms with van der Waals surface area (Å²) in [6.07, 6.45) is 0. The Balaban J connectivity index is 0.00000180. The first-order chi connectivity index (χ1) is 8.66. The lowest BCUT2D eigenvalue weighted by atomic mass is 10.3. The van der Waals surface area contributed by atoms with Gasteiger partial charge in [0, 0.05) is 30.7 Å². The van der Waals surface area contributed by atoms with Crippen LogP contribution in [0.3, 0.4) is 0 Å². The van der Waals surface area contributed by atoms with Crippen molar-refractivity contribution in [2.24, 2.45) is 0 Å². The molecule has 1 aromatic rings. The summed E-state index contributed by atoms with van der Waals surface area (Å²) in [5.41, 5.74) is 0. The molecule has 0 atom stereocenters. The zero-order valence-corrected chi connectivity index (χ0v) is 12.6. The van der Waals surface area contributed by atoms with E-state index < -0.39 is 5.82 Å². The van der Waals surface area contributed by atoms with E-state index in [9.17, 15) is 9.18 Å². The molecule has 0 unspecified atom stereocenters. The Bertz CT molecular complexity index is 442. The highest BCUT2D eigenvalue weighted by Crippen LogP contribution is 2.21. The van der Waals surface area contributed by atoms with E-state index in [1.54, 1.807) is 11.0 Å². The fourth-order valence-corrected chi connectivity index (χ4v) is 2.07. The van der Waals surface area contributed by atoms with E-state index in [2.05, 4.69) is 21.2 Å². The van der Waals surface area contributed by atoms with Crippen LogP contribution in [0.25, 0.3) is 0 Å². The van der Waals surface area contributed by atoms with Crippen molar-refractivity contribution < 1.29 is 13.9 Å². The fourth-order valence-electron chi connectivity index (χ4n) is 1.74. The molecule has 0 bridgehead atoms. The maximum Gasteiger partial charge on any atom is 0.260 e. The Kier molecular flexibility index (Phi) is 6.54. The number of ether oxygens (including phenoxy) is 1. The first kappa shape index (κ1) is 16.2. The smallest absolute Gasteiger partial charge is 0.260 e. The SMILES string of the molecule is Cl.O=C(COc1ccc(Br)cc1F)N1CCNCC1. The van der Waals surface area contributed by atoms with E-state index in [1.807, 2.05) is 0 Å². The summed E-state index contributed by atoms with van der Waals surface area (Å²) < 4.78 is 19.3. The van der Waals surface area contributed by atoms with Gasteiger partial charge in [-0.2, -0.15) is 0 Å². The largest absolute Gasteiger partial charge is 0.481 e. The average Bonchev–Trinajstić information content (AvgIpc) is 2.38. The lowest BCUT2D eigenvalue weighted by molar-refractivity contribution is -0.133. The first-order valence-electron chi connectivity index (χ1n) is 5.73. The molecular formula is C12H15BrClFN2O2. The van der Waals surface area contributed by atoms with Crippen LogP contribution in [0.2, 0.25) is 0 Å². The van der Waals surface area contributed by atoms with Gasteiger partial charge in [-0.1, -0.05) is 15.9 Å². The fraction of sp³-hybridized carbons (Fsp3) is 0.417. The maximum absolute atomic E-state index is 13.5. The molecule has 1 aliphatic rings. The monoisotopic (exact) mass is 352 g/mol. The number of carbonyl (C=O) groups excluding carboxylic acids is 1. The lowest BCUT2D eigenvalue weighted by Gasteiger charge is -2.27. The summed E-state index contributed by atoms with van der Waals surface area (Å²) in [7, 11) is 0. The van der Waals surface area contributed by atoms with Crippen LogP contribution in [-0.2, 0) is 4.79 Å². The highest BCUT2D eigenvalue weighted by molar-refractivity contribution is 9.10. The Hall–Kier alpha value is -0.850. The molecule has 4 nitrogen and oxygen atoms in total. The van der Waals surface area contributed by atoms with E-state index in [0.717, 1.165) is 13.1 Å². The van der Waals surface area contributed by atoms with Crippen molar-refractivity contribution in [3.8, 4) is 5.75 Å². The predicted octanol–water partition coefficient (Wildman–Crippen LogP) is 1.82. The van der Waals surface area contributed by atoms with Crippen LogP contribution in [0.4, 0.5) is 4.39 Å². The molecule has 1 N–H and O–H groups in total. The van der Waals surface area contributed by atoms with Gasteiger partial charge in [-0.15, -0.1) is 12.4 Å². The third-order valence-electron chi connectivity index (χ3n) is 2.71. The molecule has 1 aliphatic heterocycles. The molecule has 1 amide bonds. The molecule has 0 aliphatic carbocycles. The molecule has 1 saturated heterocycles. The molecule has 1 fully saturated rings. The van der Waals surface area contributed by atoms with Crippen LogP contribution in [0, 0.1) is 5.82 Å². The number of benzene rings is 1. The van der Waals surface area contributed by atoms with Gasteiger partial charge in [0.15, 0.2) is 18.2 Å². The summed E-state index contributed by atoms with van der Waals surface area (Å²) in [6.45, 7) is 2.80. The number of halogens is 3. The molecule has 19 heavy (non-hydrogen) atoms. The second-order valence-corrected chi connectivity index (χ2v) is 4.91. The normalized spacial score (nSPS) is 14.7. The van der Waals surface area contributed by atoms with Gasteiger partial charge in [0.1, 0.15) is 0 Å². The van der Waals surface area contributed by atoms with Crippen molar-refractivity contribution in [2.45, 2.75) is 0 Å². The van der Waals surface area contributed by atoms with E-state index in [4.69, 9.17) is 4.74 Å². The molecule has 0 spiro atoms. The van der Waals surface area contributed by atoms with Gasteiger partial charge in [-0.3, -0.25) is 4.79 Å². The topological polar surface area (TPSA) is 41.6 Å². The van der Waals surface area contributed by atoms with Crippen molar-refractivity contribution in [2.75, 3.05) is 32.8 Å². The Morgan fingerprint density at radius 2 is 2.11 bits per heavy atom. The molecule has 106 valence electrons. The van der Waals surface area contributed by atoms with E-state index in [-0.39, 0.29) is 30.7 Å². The number of rotatable bonds is 3. The van der Waals surface area contributed by atoms with Crippen molar-refractivity contribution in [3.05, 3.63) is 28.5 Å². The summed E-state index contributed by atoms with van der Waals surface area (Å²) in [6, 6.07) is 4.49. The highest BCUT2D eigenvalue weighted by atomic mass is 79.9. The Morgan fingerprint density at radius 3 is 2.74 bits per heavy atom. The van der Waals surface area contributed by atoms with E-state index >= 15 is 0 Å². The molecule has 1 heterocycles. The highest BCUT2D eigenvalue weighted by Gasteiger charge is 2.17. The lowest BCUT2D eigenvalue weighted by Crippen LogP contribution is -2.47.